The van der Waals surface area contributed by atoms with Crippen LogP contribution in [0.2, 0.25) is 0 Å². The number of hydrogen-bond donors (Lipinski definition) is 2. The van der Waals surface area contributed by atoms with Gasteiger partial charge in [0.15, 0.2) is 0 Å². The number of halogens is 1. The van der Waals surface area contributed by atoms with Crippen molar-refractivity contribution < 1.29 is 4.39 Å². The van der Waals surface area contributed by atoms with Gasteiger partial charge in [0.1, 0.15) is 5.82 Å². The monoisotopic (exact) mass is 194 g/mol. The van der Waals surface area contributed by atoms with Crippen LogP contribution in [0.15, 0.2) is 18.2 Å². The van der Waals surface area contributed by atoms with Gasteiger partial charge in [0.05, 0.1) is 6.04 Å². The van der Waals surface area contributed by atoms with E-state index < -0.39 is 0 Å². The summed E-state index contributed by atoms with van der Waals surface area (Å²) < 4.78 is 13.7. The van der Waals surface area contributed by atoms with E-state index in [0.29, 0.717) is 17.0 Å². The molecular formula is C11H15FN2. The Hall–Kier alpha value is -0.930. The highest BCUT2D eigenvalue weighted by molar-refractivity contribution is 5.28. The van der Waals surface area contributed by atoms with Crippen LogP contribution in [0.1, 0.15) is 30.0 Å². The number of nitrogens with two attached hydrogens (primary N) is 1. The Bertz CT molecular complexity index is 334. The first-order valence-electron chi connectivity index (χ1n) is 4.95. The van der Waals surface area contributed by atoms with Crippen molar-refractivity contribution in [3.05, 3.63) is 35.1 Å². The molecule has 3 heteroatoms. The van der Waals surface area contributed by atoms with E-state index in [2.05, 4.69) is 5.43 Å². The number of nitrogens with one attached hydrogen (secondary N) is 1. The lowest BCUT2D eigenvalue weighted by molar-refractivity contribution is 0.467. The number of aryl methyl sites for hydroxylation is 1. The minimum absolute atomic E-state index is 0.0186. The van der Waals surface area contributed by atoms with Crippen molar-refractivity contribution in [2.24, 2.45) is 11.8 Å². The smallest absolute Gasteiger partial charge is 0.130 e. The second-order valence-corrected chi connectivity index (χ2v) is 3.96. The molecule has 1 aromatic carbocycles. The fourth-order valence-electron chi connectivity index (χ4n) is 1.82. The summed E-state index contributed by atoms with van der Waals surface area (Å²) in [5.74, 6) is 5.84. The highest BCUT2D eigenvalue weighted by atomic mass is 19.1. The third-order valence-corrected chi connectivity index (χ3v) is 2.83. The average Bonchev–Trinajstić information content (AvgIpc) is 2.97. The van der Waals surface area contributed by atoms with E-state index in [1.165, 1.54) is 0 Å². The minimum atomic E-state index is -0.123. The summed E-state index contributed by atoms with van der Waals surface area (Å²) in [6, 6.07) is 5.44. The van der Waals surface area contributed by atoms with Crippen molar-refractivity contribution in [2.75, 3.05) is 0 Å². The lowest BCUT2D eigenvalue weighted by atomic mass is 10.0. The standard InChI is InChI=1S/C11H15FN2/c1-7-3-2-4-9(10(7)12)11(14-13)8-5-6-8/h2-4,8,11,14H,5-6,13H2,1H3. The highest BCUT2D eigenvalue weighted by Crippen LogP contribution is 2.41. The van der Waals surface area contributed by atoms with Crippen molar-refractivity contribution >= 4 is 0 Å². The van der Waals surface area contributed by atoms with E-state index in [0.717, 1.165) is 12.8 Å². The maximum absolute atomic E-state index is 13.7. The van der Waals surface area contributed by atoms with Gasteiger partial charge in [0, 0.05) is 5.56 Å². The Morgan fingerprint density at radius 2 is 2.21 bits per heavy atom. The van der Waals surface area contributed by atoms with Crippen molar-refractivity contribution in [2.45, 2.75) is 25.8 Å². The fraction of sp³-hybridized carbons (Fsp3) is 0.455. The molecule has 76 valence electrons. The molecule has 0 spiro atoms. The molecular weight excluding hydrogens is 179 g/mol. The van der Waals surface area contributed by atoms with Crippen molar-refractivity contribution in [1.29, 1.82) is 0 Å². The third-order valence-electron chi connectivity index (χ3n) is 2.83. The zero-order valence-electron chi connectivity index (χ0n) is 8.26. The zero-order valence-corrected chi connectivity index (χ0v) is 8.26. The first-order valence-corrected chi connectivity index (χ1v) is 4.95. The molecule has 3 N–H and O–H groups in total. The SMILES string of the molecule is Cc1cccc(C(NN)C2CC2)c1F. The molecule has 1 saturated carbocycles. The van der Waals surface area contributed by atoms with E-state index in [1.807, 2.05) is 12.1 Å². The second-order valence-electron chi connectivity index (χ2n) is 3.96. The zero-order chi connectivity index (χ0) is 10.1. The minimum Gasteiger partial charge on any atom is -0.271 e. The molecule has 2 nitrogen and oxygen atoms in total. The Morgan fingerprint density at radius 3 is 2.79 bits per heavy atom. The van der Waals surface area contributed by atoms with E-state index in [4.69, 9.17) is 5.84 Å². The summed E-state index contributed by atoms with van der Waals surface area (Å²) in [4.78, 5) is 0. The molecule has 1 unspecified atom stereocenters. The van der Waals surface area contributed by atoms with Crippen molar-refractivity contribution in [3.63, 3.8) is 0 Å². The van der Waals surface area contributed by atoms with Gasteiger partial charge in [-0.3, -0.25) is 11.3 Å². The molecule has 0 radical (unpaired) electrons. The summed E-state index contributed by atoms with van der Waals surface area (Å²) in [7, 11) is 0. The number of rotatable bonds is 3. The summed E-state index contributed by atoms with van der Waals surface area (Å²) in [5, 5.41) is 0. The molecule has 0 aliphatic heterocycles. The summed E-state index contributed by atoms with van der Waals surface area (Å²) in [5.41, 5.74) is 4.10. The Balaban J connectivity index is 2.33. The first-order chi connectivity index (χ1) is 6.74. The molecule has 0 bridgehead atoms. The molecule has 1 aliphatic rings. The molecule has 1 aromatic rings. The van der Waals surface area contributed by atoms with Crippen LogP contribution in [0.25, 0.3) is 0 Å². The van der Waals surface area contributed by atoms with E-state index in [9.17, 15) is 4.39 Å². The third kappa shape index (κ3) is 1.65. The number of benzene rings is 1. The molecule has 0 saturated heterocycles. The van der Waals surface area contributed by atoms with Gasteiger partial charge in [-0.05, 0) is 31.2 Å². The van der Waals surface area contributed by atoms with Crippen LogP contribution in [0.3, 0.4) is 0 Å². The summed E-state index contributed by atoms with van der Waals surface area (Å²) in [6.45, 7) is 1.78. The van der Waals surface area contributed by atoms with Crippen LogP contribution in [0.4, 0.5) is 4.39 Å². The van der Waals surface area contributed by atoms with Gasteiger partial charge in [-0.2, -0.15) is 0 Å². The molecule has 1 atom stereocenters. The predicted octanol–water partition coefficient (Wildman–Crippen LogP) is 2.05. The maximum atomic E-state index is 13.7. The maximum Gasteiger partial charge on any atom is 0.130 e. The summed E-state index contributed by atoms with van der Waals surface area (Å²) in [6.07, 6.45) is 2.28. The Morgan fingerprint density at radius 1 is 1.50 bits per heavy atom. The van der Waals surface area contributed by atoms with Crippen LogP contribution in [-0.2, 0) is 0 Å². The lowest BCUT2D eigenvalue weighted by Gasteiger charge is -2.16. The van der Waals surface area contributed by atoms with E-state index in [-0.39, 0.29) is 11.9 Å². The first kappa shape index (κ1) is 9.62. The predicted molar refractivity (Wildman–Crippen MR) is 53.9 cm³/mol. The molecule has 0 amide bonds. The topological polar surface area (TPSA) is 38.0 Å². The van der Waals surface area contributed by atoms with Gasteiger partial charge in [0.25, 0.3) is 0 Å². The Kier molecular flexibility index (Phi) is 2.52. The molecule has 14 heavy (non-hydrogen) atoms. The average molecular weight is 194 g/mol. The number of hydrogen-bond acceptors (Lipinski definition) is 2. The summed E-state index contributed by atoms with van der Waals surface area (Å²) >= 11 is 0. The van der Waals surface area contributed by atoms with Gasteiger partial charge >= 0.3 is 0 Å². The van der Waals surface area contributed by atoms with Crippen LogP contribution >= 0.6 is 0 Å². The largest absolute Gasteiger partial charge is 0.271 e. The van der Waals surface area contributed by atoms with Crippen molar-refractivity contribution in [3.8, 4) is 0 Å². The van der Waals surface area contributed by atoms with E-state index >= 15 is 0 Å². The highest BCUT2D eigenvalue weighted by Gasteiger charge is 2.33. The molecule has 2 rings (SSSR count). The van der Waals surface area contributed by atoms with Gasteiger partial charge in [-0.15, -0.1) is 0 Å². The molecule has 0 aromatic heterocycles. The Labute approximate surface area is 83.3 Å². The lowest BCUT2D eigenvalue weighted by Crippen LogP contribution is -2.30. The van der Waals surface area contributed by atoms with Crippen molar-refractivity contribution in [1.82, 2.24) is 5.43 Å². The van der Waals surface area contributed by atoms with Crippen LogP contribution in [0.5, 0.6) is 0 Å². The molecule has 1 aliphatic carbocycles. The van der Waals surface area contributed by atoms with E-state index in [1.54, 1.807) is 13.0 Å². The molecule has 0 heterocycles. The van der Waals surface area contributed by atoms with Crippen LogP contribution in [-0.4, -0.2) is 0 Å². The fourth-order valence-corrected chi connectivity index (χ4v) is 1.82. The quantitative estimate of drug-likeness (QED) is 0.571. The molecule has 1 fully saturated rings. The number of hydrazine groups is 1. The van der Waals surface area contributed by atoms with Gasteiger partial charge in [-0.25, -0.2) is 4.39 Å². The van der Waals surface area contributed by atoms with Crippen LogP contribution < -0.4 is 11.3 Å². The van der Waals surface area contributed by atoms with Gasteiger partial charge in [0.2, 0.25) is 0 Å². The second kappa shape index (κ2) is 3.67. The van der Waals surface area contributed by atoms with Crippen LogP contribution in [0, 0.1) is 18.7 Å². The van der Waals surface area contributed by atoms with Gasteiger partial charge < -0.3 is 0 Å². The van der Waals surface area contributed by atoms with Gasteiger partial charge in [-0.1, -0.05) is 18.2 Å². The normalized spacial score (nSPS) is 18.2.